The number of ether oxygens (including phenoxy) is 2. The molecule has 3 heteroatoms. The van der Waals surface area contributed by atoms with Crippen molar-refractivity contribution in [3.05, 3.63) is 42.0 Å². The Morgan fingerprint density at radius 1 is 1.24 bits per heavy atom. The number of rotatable bonds is 7. The minimum absolute atomic E-state index is 0.620. The van der Waals surface area contributed by atoms with Crippen LogP contribution in [0.15, 0.2) is 36.4 Å². The van der Waals surface area contributed by atoms with Gasteiger partial charge in [0.2, 0.25) is 0 Å². The van der Waals surface area contributed by atoms with Gasteiger partial charge in [-0.05, 0) is 42.9 Å². The zero-order valence-corrected chi connectivity index (χ0v) is 12.6. The Balaban J connectivity index is 1.58. The maximum atomic E-state index is 8.82. The molecule has 112 valence electrons. The first-order valence-electron chi connectivity index (χ1n) is 7.65. The molecule has 0 amide bonds. The number of nitriles is 1. The standard InChI is InChI=1S/C18H23NO2/c1-15-6-2-3-8-17(15)14-20-10-5-11-21-18-9-4-7-16(12-18)13-19/h2-4,7,9,12,15,17H,5-6,8,10-11,14H2,1H3. The topological polar surface area (TPSA) is 42.2 Å². The van der Waals surface area contributed by atoms with Crippen LogP contribution in [0.1, 0.15) is 31.7 Å². The van der Waals surface area contributed by atoms with Crippen LogP contribution in [0, 0.1) is 23.2 Å². The second-order valence-corrected chi connectivity index (χ2v) is 5.60. The lowest BCUT2D eigenvalue weighted by Gasteiger charge is -2.24. The molecule has 0 saturated heterocycles. The highest BCUT2D eigenvalue weighted by molar-refractivity contribution is 5.36. The fourth-order valence-electron chi connectivity index (χ4n) is 2.48. The highest BCUT2D eigenvalue weighted by Crippen LogP contribution is 2.25. The van der Waals surface area contributed by atoms with Crippen molar-refractivity contribution in [3.63, 3.8) is 0 Å². The maximum absolute atomic E-state index is 8.82. The van der Waals surface area contributed by atoms with Crippen LogP contribution in [0.5, 0.6) is 5.75 Å². The Kier molecular flexibility index (Phi) is 6.30. The van der Waals surface area contributed by atoms with E-state index in [1.807, 2.05) is 12.1 Å². The third kappa shape index (κ3) is 5.24. The maximum Gasteiger partial charge on any atom is 0.120 e. The molecule has 0 heterocycles. The van der Waals surface area contributed by atoms with Gasteiger partial charge < -0.3 is 9.47 Å². The van der Waals surface area contributed by atoms with Gasteiger partial charge in [-0.1, -0.05) is 25.1 Å². The minimum Gasteiger partial charge on any atom is -0.493 e. The molecule has 1 aliphatic rings. The van der Waals surface area contributed by atoms with Crippen molar-refractivity contribution in [1.29, 1.82) is 5.26 Å². The molecule has 1 aromatic rings. The van der Waals surface area contributed by atoms with E-state index in [1.165, 1.54) is 6.42 Å². The Labute approximate surface area is 127 Å². The van der Waals surface area contributed by atoms with Gasteiger partial charge in [-0.15, -0.1) is 0 Å². The van der Waals surface area contributed by atoms with Crippen LogP contribution in [0.2, 0.25) is 0 Å². The summed E-state index contributed by atoms with van der Waals surface area (Å²) in [5.74, 6) is 2.13. The SMILES string of the molecule is CC1CC=CCC1COCCCOc1cccc(C#N)c1. The predicted molar refractivity (Wildman–Crippen MR) is 83.1 cm³/mol. The molecule has 0 bridgehead atoms. The van der Waals surface area contributed by atoms with Gasteiger partial charge in [0.1, 0.15) is 5.75 Å². The van der Waals surface area contributed by atoms with Gasteiger partial charge in [0.25, 0.3) is 0 Å². The van der Waals surface area contributed by atoms with Crippen molar-refractivity contribution >= 4 is 0 Å². The fourth-order valence-corrected chi connectivity index (χ4v) is 2.48. The molecule has 2 unspecified atom stereocenters. The van der Waals surface area contributed by atoms with Gasteiger partial charge in [-0.25, -0.2) is 0 Å². The summed E-state index contributed by atoms with van der Waals surface area (Å²) in [6.45, 7) is 4.48. The Bertz CT molecular complexity index is 504. The second kappa shape index (κ2) is 8.49. The first-order valence-corrected chi connectivity index (χ1v) is 7.65. The molecule has 0 aliphatic heterocycles. The monoisotopic (exact) mass is 285 g/mol. The quantitative estimate of drug-likeness (QED) is 0.563. The van der Waals surface area contributed by atoms with Gasteiger partial charge in [0, 0.05) is 19.6 Å². The van der Waals surface area contributed by atoms with E-state index < -0.39 is 0 Å². The molecule has 1 aromatic carbocycles. The normalized spacial score (nSPS) is 21.0. The second-order valence-electron chi connectivity index (χ2n) is 5.60. The van der Waals surface area contributed by atoms with E-state index in [0.717, 1.165) is 37.7 Å². The van der Waals surface area contributed by atoms with E-state index in [4.69, 9.17) is 14.7 Å². The summed E-state index contributed by atoms with van der Waals surface area (Å²) >= 11 is 0. The molecule has 0 saturated carbocycles. The molecule has 1 aliphatic carbocycles. The van der Waals surface area contributed by atoms with E-state index >= 15 is 0 Å². The summed E-state index contributed by atoms with van der Waals surface area (Å²) in [5, 5.41) is 8.82. The minimum atomic E-state index is 0.620. The van der Waals surface area contributed by atoms with Crippen LogP contribution in [0.25, 0.3) is 0 Å². The zero-order chi connectivity index (χ0) is 14.9. The highest BCUT2D eigenvalue weighted by Gasteiger charge is 2.17. The van der Waals surface area contributed by atoms with Crippen molar-refractivity contribution in [3.8, 4) is 11.8 Å². The van der Waals surface area contributed by atoms with Crippen LogP contribution in [0.3, 0.4) is 0 Å². The molecule has 0 radical (unpaired) electrons. The van der Waals surface area contributed by atoms with E-state index in [0.29, 0.717) is 18.1 Å². The first-order chi connectivity index (χ1) is 10.3. The van der Waals surface area contributed by atoms with Crippen LogP contribution in [0.4, 0.5) is 0 Å². The van der Waals surface area contributed by atoms with Crippen molar-refractivity contribution < 1.29 is 9.47 Å². The molecule has 0 aromatic heterocycles. The van der Waals surface area contributed by atoms with E-state index in [9.17, 15) is 0 Å². The molecule has 0 fully saturated rings. The van der Waals surface area contributed by atoms with E-state index in [1.54, 1.807) is 12.1 Å². The molecule has 21 heavy (non-hydrogen) atoms. The largest absolute Gasteiger partial charge is 0.493 e. The van der Waals surface area contributed by atoms with Gasteiger partial charge >= 0.3 is 0 Å². The van der Waals surface area contributed by atoms with E-state index in [2.05, 4.69) is 25.1 Å². The number of hydrogen-bond donors (Lipinski definition) is 0. The highest BCUT2D eigenvalue weighted by atomic mass is 16.5. The molecular formula is C18H23NO2. The van der Waals surface area contributed by atoms with Crippen molar-refractivity contribution in [2.75, 3.05) is 19.8 Å². The zero-order valence-electron chi connectivity index (χ0n) is 12.6. The van der Waals surface area contributed by atoms with Gasteiger partial charge in [-0.3, -0.25) is 0 Å². The number of nitrogens with zero attached hydrogens (tertiary/aromatic N) is 1. The molecule has 3 nitrogen and oxygen atoms in total. The van der Waals surface area contributed by atoms with Gasteiger partial charge in [-0.2, -0.15) is 5.26 Å². The van der Waals surface area contributed by atoms with Crippen molar-refractivity contribution in [2.45, 2.75) is 26.2 Å². The molecule has 2 atom stereocenters. The van der Waals surface area contributed by atoms with Gasteiger partial charge in [0.15, 0.2) is 0 Å². The average molecular weight is 285 g/mol. The fraction of sp³-hybridized carbons (Fsp3) is 0.500. The van der Waals surface area contributed by atoms with E-state index in [-0.39, 0.29) is 0 Å². The predicted octanol–water partition coefficient (Wildman–Crippen LogP) is 3.95. The van der Waals surface area contributed by atoms with Crippen LogP contribution in [-0.2, 0) is 4.74 Å². The first kappa shape index (κ1) is 15.6. The third-order valence-corrected chi connectivity index (χ3v) is 3.91. The smallest absolute Gasteiger partial charge is 0.120 e. The summed E-state index contributed by atoms with van der Waals surface area (Å²) in [6, 6.07) is 9.35. The molecule has 2 rings (SSSR count). The third-order valence-electron chi connectivity index (χ3n) is 3.91. The number of hydrogen-bond acceptors (Lipinski definition) is 3. The molecular weight excluding hydrogens is 262 g/mol. The van der Waals surface area contributed by atoms with Crippen LogP contribution in [-0.4, -0.2) is 19.8 Å². The lowest BCUT2D eigenvalue weighted by molar-refractivity contribution is 0.0711. The van der Waals surface area contributed by atoms with Gasteiger partial charge in [0.05, 0.1) is 18.2 Å². The Hall–Kier alpha value is -1.79. The average Bonchev–Trinajstić information content (AvgIpc) is 2.52. The lowest BCUT2D eigenvalue weighted by atomic mass is 9.85. The number of allylic oxidation sites excluding steroid dienone is 2. The molecule has 0 spiro atoms. The summed E-state index contributed by atoms with van der Waals surface area (Å²) in [6.07, 6.45) is 7.71. The number of benzene rings is 1. The van der Waals surface area contributed by atoms with Crippen LogP contribution < -0.4 is 4.74 Å². The Morgan fingerprint density at radius 2 is 2.10 bits per heavy atom. The van der Waals surface area contributed by atoms with Crippen molar-refractivity contribution in [2.24, 2.45) is 11.8 Å². The lowest BCUT2D eigenvalue weighted by Crippen LogP contribution is -2.20. The Morgan fingerprint density at radius 3 is 2.90 bits per heavy atom. The summed E-state index contributed by atoms with van der Waals surface area (Å²) in [4.78, 5) is 0. The van der Waals surface area contributed by atoms with Crippen LogP contribution >= 0.6 is 0 Å². The van der Waals surface area contributed by atoms with Crippen molar-refractivity contribution in [1.82, 2.24) is 0 Å². The summed E-state index contributed by atoms with van der Waals surface area (Å²) in [5.41, 5.74) is 0.628. The summed E-state index contributed by atoms with van der Waals surface area (Å²) in [7, 11) is 0. The summed E-state index contributed by atoms with van der Waals surface area (Å²) < 4.78 is 11.4. The molecule has 0 N–H and O–H groups in total.